The monoisotopic (exact) mass is 359 g/mol. The number of thiophene rings is 1. The van der Waals surface area contributed by atoms with Crippen LogP contribution in [0, 0.1) is 10.1 Å². The maximum absolute atomic E-state index is 11.4. The zero-order valence-electron chi connectivity index (χ0n) is 12.0. The van der Waals surface area contributed by atoms with Crippen LogP contribution in [0.25, 0.3) is 5.65 Å². The standard InChI is InChI=1S/C13H9N7O2S2/c21-20(22)12-11(14-10-5-1-2-6-18(10)12)24-13-15-16-17-19(13)8-9-4-3-7-23-9/h1-7H,8H2. The Kier molecular flexibility index (Phi) is 3.70. The third-order valence-corrected chi connectivity index (χ3v) is 5.02. The summed E-state index contributed by atoms with van der Waals surface area (Å²) in [6.45, 7) is 0.508. The van der Waals surface area contributed by atoms with Gasteiger partial charge in [0.15, 0.2) is 0 Å². The Morgan fingerprint density at radius 1 is 1.29 bits per heavy atom. The number of fused-ring (bicyclic) bond motifs is 1. The van der Waals surface area contributed by atoms with Crippen LogP contribution in [0.15, 0.2) is 52.1 Å². The number of hydrogen-bond acceptors (Lipinski definition) is 8. The molecule has 0 saturated carbocycles. The van der Waals surface area contributed by atoms with E-state index in [1.165, 1.54) is 4.40 Å². The summed E-state index contributed by atoms with van der Waals surface area (Å²) < 4.78 is 3.04. The van der Waals surface area contributed by atoms with Gasteiger partial charge in [0.2, 0.25) is 15.8 Å². The minimum atomic E-state index is -0.449. The Bertz CT molecular complexity index is 1010. The highest BCUT2D eigenvalue weighted by atomic mass is 32.2. The molecule has 120 valence electrons. The molecule has 9 nitrogen and oxygen atoms in total. The Morgan fingerprint density at radius 2 is 2.21 bits per heavy atom. The molecule has 0 bridgehead atoms. The van der Waals surface area contributed by atoms with Crippen molar-refractivity contribution in [1.82, 2.24) is 29.6 Å². The SMILES string of the molecule is O=[N+]([O-])c1c(Sc2nnnn2Cc2cccs2)nc2ccccn12. The fourth-order valence-corrected chi connectivity index (χ4v) is 3.75. The van der Waals surface area contributed by atoms with Crippen LogP contribution in [0.4, 0.5) is 5.82 Å². The van der Waals surface area contributed by atoms with Gasteiger partial charge in [0.25, 0.3) is 0 Å². The molecule has 4 heterocycles. The molecule has 0 aromatic carbocycles. The lowest BCUT2D eigenvalue weighted by Gasteiger charge is -2.01. The van der Waals surface area contributed by atoms with Crippen LogP contribution in [0.3, 0.4) is 0 Å². The van der Waals surface area contributed by atoms with Crippen LogP contribution in [-0.4, -0.2) is 34.5 Å². The van der Waals surface area contributed by atoms with E-state index in [9.17, 15) is 10.1 Å². The molecule has 0 aliphatic rings. The molecule has 4 rings (SSSR count). The van der Waals surface area contributed by atoms with Gasteiger partial charge in [0.1, 0.15) is 0 Å². The first kappa shape index (κ1) is 14.8. The van der Waals surface area contributed by atoms with E-state index in [-0.39, 0.29) is 10.8 Å². The van der Waals surface area contributed by atoms with Gasteiger partial charge in [-0.25, -0.2) is 4.68 Å². The van der Waals surface area contributed by atoms with E-state index < -0.39 is 4.92 Å². The smallest absolute Gasteiger partial charge is 0.358 e. The molecule has 0 radical (unpaired) electrons. The molecule has 0 atom stereocenters. The second-order valence-electron chi connectivity index (χ2n) is 4.73. The first-order valence-electron chi connectivity index (χ1n) is 6.80. The molecule has 0 saturated heterocycles. The van der Waals surface area contributed by atoms with Gasteiger partial charge in [-0.1, -0.05) is 12.1 Å². The van der Waals surface area contributed by atoms with Gasteiger partial charge >= 0.3 is 5.82 Å². The first-order chi connectivity index (χ1) is 11.7. The predicted molar refractivity (Wildman–Crippen MR) is 87.2 cm³/mol. The second kappa shape index (κ2) is 6.02. The van der Waals surface area contributed by atoms with E-state index in [0.717, 1.165) is 16.6 Å². The third kappa shape index (κ3) is 2.63. The normalized spacial score (nSPS) is 11.2. The van der Waals surface area contributed by atoms with Crippen molar-refractivity contribution in [3.05, 3.63) is 56.9 Å². The molecule has 0 unspecified atom stereocenters. The zero-order valence-corrected chi connectivity index (χ0v) is 13.6. The second-order valence-corrected chi connectivity index (χ2v) is 6.72. The Balaban J connectivity index is 1.71. The van der Waals surface area contributed by atoms with Crippen LogP contribution in [0.2, 0.25) is 0 Å². The molecule has 4 aromatic rings. The van der Waals surface area contributed by atoms with Gasteiger partial charge in [-0.3, -0.25) is 0 Å². The summed E-state index contributed by atoms with van der Waals surface area (Å²) in [6.07, 6.45) is 1.61. The van der Waals surface area contributed by atoms with Crippen molar-refractivity contribution in [2.24, 2.45) is 0 Å². The lowest BCUT2D eigenvalue weighted by atomic mass is 10.5. The summed E-state index contributed by atoms with van der Waals surface area (Å²) in [5, 5.41) is 25.7. The number of hydrogen-bond donors (Lipinski definition) is 0. The maximum Gasteiger partial charge on any atom is 0.362 e. The maximum atomic E-state index is 11.4. The first-order valence-corrected chi connectivity index (χ1v) is 8.50. The largest absolute Gasteiger partial charge is 0.362 e. The van der Waals surface area contributed by atoms with Gasteiger partial charge < -0.3 is 10.1 Å². The van der Waals surface area contributed by atoms with Crippen LogP contribution in [-0.2, 0) is 6.54 Å². The molecular weight excluding hydrogens is 350 g/mol. The minimum absolute atomic E-state index is 0.0960. The van der Waals surface area contributed by atoms with Gasteiger partial charge in [-0.05, 0) is 44.6 Å². The molecule has 0 N–H and O–H groups in total. The van der Waals surface area contributed by atoms with Crippen LogP contribution < -0.4 is 0 Å². The van der Waals surface area contributed by atoms with Gasteiger partial charge in [0, 0.05) is 10.9 Å². The van der Waals surface area contributed by atoms with Crippen molar-refractivity contribution in [2.45, 2.75) is 16.7 Å². The quantitative estimate of drug-likeness (QED) is 0.398. The Morgan fingerprint density at radius 3 is 3.00 bits per heavy atom. The van der Waals surface area contributed by atoms with Crippen molar-refractivity contribution >= 4 is 34.6 Å². The molecule has 4 aromatic heterocycles. The van der Waals surface area contributed by atoms with Crippen LogP contribution in [0.5, 0.6) is 0 Å². The predicted octanol–water partition coefficient (Wildman–Crippen LogP) is 2.49. The summed E-state index contributed by atoms with van der Waals surface area (Å²) in [7, 11) is 0. The molecule has 0 amide bonds. The van der Waals surface area contributed by atoms with E-state index >= 15 is 0 Å². The number of rotatable bonds is 5. The Labute approximate surface area is 143 Å². The van der Waals surface area contributed by atoms with E-state index in [1.54, 1.807) is 40.4 Å². The fourth-order valence-electron chi connectivity index (χ4n) is 2.20. The number of imidazole rings is 1. The number of tetrazole rings is 1. The van der Waals surface area contributed by atoms with E-state index in [1.807, 2.05) is 17.5 Å². The van der Waals surface area contributed by atoms with E-state index in [0.29, 0.717) is 17.3 Å². The Hall–Kier alpha value is -2.79. The number of nitrogens with zero attached hydrogens (tertiary/aromatic N) is 7. The van der Waals surface area contributed by atoms with E-state index in [4.69, 9.17) is 0 Å². The van der Waals surface area contributed by atoms with Crippen molar-refractivity contribution < 1.29 is 4.92 Å². The number of aromatic nitrogens is 6. The molecular formula is C13H9N7O2S2. The van der Waals surface area contributed by atoms with E-state index in [2.05, 4.69) is 20.5 Å². The third-order valence-electron chi connectivity index (χ3n) is 3.22. The lowest BCUT2D eigenvalue weighted by Crippen LogP contribution is -2.02. The summed E-state index contributed by atoms with van der Waals surface area (Å²) in [6, 6.07) is 9.14. The highest BCUT2D eigenvalue weighted by Gasteiger charge is 2.25. The lowest BCUT2D eigenvalue weighted by molar-refractivity contribution is -0.393. The van der Waals surface area contributed by atoms with Crippen molar-refractivity contribution in [1.29, 1.82) is 0 Å². The average molecular weight is 359 g/mol. The van der Waals surface area contributed by atoms with Crippen LogP contribution >= 0.6 is 23.1 Å². The topological polar surface area (TPSA) is 104 Å². The van der Waals surface area contributed by atoms with Gasteiger partial charge in [0.05, 0.1) is 12.7 Å². The summed E-state index contributed by atoms with van der Waals surface area (Å²) in [4.78, 5) is 16.4. The average Bonchev–Trinajstić information content (AvgIpc) is 3.28. The molecule has 0 fully saturated rings. The number of pyridine rings is 1. The van der Waals surface area contributed by atoms with Gasteiger partial charge in [-0.2, -0.15) is 9.38 Å². The molecule has 0 aliphatic carbocycles. The molecule has 24 heavy (non-hydrogen) atoms. The highest BCUT2D eigenvalue weighted by Crippen LogP contribution is 2.33. The summed E-state index contributed by atoms with van der Waals surface area (Å²) in [5.41, 5.74) is 0.504. The minimum Gasteiger partial charge on any atom is -0.358 e. The van der Waals surface area contributed by atoms with Crippen molar-refractivity contribution in [3.8, 4) is 0 Å². The van der Waals surface area contributed by atoms with Crippen molar-refractivity contribution in [2.75, 3.05) is 0 Å². The van der Waals surface area contributed by atoms with Crippen molar-refractivity contribution in [3.63, 3.8) is 0 Å². The summed E-state index contributed by atoms with van der Waals surface area (Å²) >= 11 is 2.68. The molecule has 0 spiro atoms. The molecule has 0 aliphatic heterocycles. The van der Waals surface area contributed by atoms with Crippen LogP contribution in [0.1, 0.15) is 4.88 Å². The molecule has 11 heteroatoms. The van der Waals surface area contributed by atoms with Gasteiger partial charge in [-0.15, -0.1) is 16.4 Å². The fraction of sp³-hybridized carbons (Fsp3) is 0.0769. The summed E-state index contributed by atoms with van der Waals surface area (Å²) in [5.74, 6) is -0.0960. The number of nitro groups is 1. The zero-order chi connectivity index (χ0) is 16.5. The highest BCUT2D eigenvalue weighted by molar-refractivity contribution is 7.99.